The molecule has 2 aromatic rings. The topological polar surface area (TPSA) is 63.3 Å². The number of urea groups is 1. The van der Waals surface area contributed by atoms with Crippen LogP contribution in [-0.4, -0.2) is 26.3 Å². The Morgan fingerprint density at radius 3 is 2.83 bits per heavy atom. The van der Waals surface area contributed by atoms with Gasteiger partial charge >= 0.3 is 6.03 Å². The molecule has 0 radical (unpaired) electrons. The van der Waals surface area contributed by atoms with Crippen molar-refractivity contribution in [3.8, 4) is 0 Å². The zero-order chi connectivity index (χ0) is 17.3. The summed E-state index contributed by atoms with van der Waals surface area (Å²) in [6, 6.07) is 3.63. The third-order valence-electron chi connectivity index (χ3n) is 4.23. The predicted molar refractivity (Wildman–Crippen MR) is 91.5 cm³/mol. The standard InChI is InChI=1S/C18H26N4O2/c1-18(2,3)19-17(23)22(11-13-7-6-10-24-13)12-15-14-8-5-9-16(14)21(4)20-15/h6-7,10H,5,8-9,11-12H2,1-4H3,(H,19,23). The molecule has 2 heterocycles. The molecule has 1 N–H and O–H groups in total. The average molecular weight is 330 g/mol. The van der Waals surface area contributed by atoms with Gasteiger partial charge in [0.1, 0.15) is 5.76 Å². The number of nitrogens with one attached hydrogen (secondary N) is 1. The van der Waals surface area contributed by atoms with Gasteiger partial charge in [-0.05, 0) is 57.7 Å². The van der Waals surface area contributed by atoms with E-state index in [-0.39, 0.29) is 11.6 Å². The lowest BCUT2D eigenvalue weighted by Gasteiger charge is -2.27. The maximum absolute atomic E-state index is 12.7. The minimum absolute atomic E-state index is 0.101. The van der Waals surface area contributed by atoms with E-state index in [4.69, 9.17) is 4.42 Å². The number of hydrogen-bond donors (Lipinski definition) is 1. The van der Waals surface area contributed by atoms with E-state index in [1.54, 1.807) is 11.2 Å². The van der Waals surface area contributed by atoms with Crippen LogP contribution < -0.4 is 5.32 Å². The largest absolute Gasteiger partial charge is 0.467 e. The highest BCUT2D eigenvalue weighted by molar-refractivity contribution is 5.75. The molecule has 0 fully saturated rings. The molecule has 0 atom stereocenters. The van der Waals surface area contributed by atoms with Crippen LogP contribution >= 0.6 is 0 Å². The molecule has 6 nitrogen and oxygen atoms in total. The van der Waals surface area contributed by atoms with Crippen molar-refractivity contribution < 1.29 is 9.21 Å². The molecular formula is C18H26N4O2. The van der Waals surface area contributed by atoms with Gasteiger partial charge in [-0.3, -0.25) is 4.68 Å². The van der Waals surface area contributed by atoms with Crippen LogP contribution in [-0.2, 0) is 33.0 Å². The normalized spacial score (nSPS) is 13.8. The zero-order valence-corrected chi connectivity index (χ0v) is 14.9. The SMILES string of the molecule is Cn1nc(CN(Cc2ccco2)C(=O)NC(C)(C)C)c2c1CCC2. The highest BCUT2D eigenvalue weighted by Gasteiger charge is 2.26. The minimum Gasteiger partial charge on any atom is -0.467 e. The summed E-state index contributed by atoms with van der Waals surface area (Å²) in [6.45, 7) is 6.86. The molecule has 24 heavy (non-hydrogen) atoms. The van der Waals surface area contributed by atoms with Crippen molar-refractivity contribution in [1.82, 2.24) is 20.0 Å². The molecule has 0 saturated carbocycles. The number of aromatic nitrogens is 2. The first-order valence-corrected chi connectivity index (χ1v) is 8.46. The first kappa shape index (κ1) is 16.6. The third-order valence-corrected chi connectivity index (χ3v) is 4.23. The molecule has 130 valence electrons. The summed E-state index contributed by atoms with van der Waals surface area (Å²) in [6.07, 6.45) is 4.92. The van der Waals surface area contributed by atoms with Gasteiger partial charge in [0, 0.05) is 18.3 Å². The summed E-state index contributed by atoms with van der Waals surface area (Å²) in [5, 5.41) is 7.68. The minimum atomic E-state index is -0.287. The molecule has 1 aliphatic rings. The van der Waals surface area contributed by atoms with Crippen LogP contribution in [0.15, 0.2) is 22.8 Å². The van der Waals surface area contributed by atoms with E-state index >= 15 is 0 Å². The lowest BCUT2D eigenvalue weighted by molar-refractivity contribution is 0.177. The van der Waals surface area contributed by atoms with Gasteiger partial charge in [0.15, 0.2) is 0 Å². The van der Waals surface area contributed by atoms with Gasteiger partial charge < -0.3 is 14.6 Å². The van der Waals surface area contributed by atoms with Crippen molar-refractivity contribution in [3.63, 3.8) is 0 Å². The van der Waals surface area contributed by atoms with Crippen LogP contribution in [0, 0.1) is 0 Å². The molecule has 6 heteroatoms. The van der Waals surface area contributed by atoms with Gasteiger partial charge in [-0.15, -0.1) is 0 Å². The Balaban J connectivity index is 1.82. The molecule has 0 unspecified atom stereocenters. The Morgan fingerprint density at radius 1 is 1.38 bits per heavy atom. The van der Waals surface area contributed by atoms with E-state index in [9.17, 15) is 4.79 Å². The fourth-order valence-corrected chi connectivity index (χ4v) is 3.20. The van der Waals surface area contributed by atoms with E-state index < -0.39 is 0 Å². The molecule has 0 aromatic carbocycles. The summed E-state index contributed by atoms with van der Waals surface area (Å²) >= 11 is 0. The van der Waals surface area contributed by atoms with Gasteiger partial charge in [-0.2, -0.15) is 5.10 Å². The lowest BCUT2D eigenvalue weighted by atomic mass is 10.1. The van der Waals surface area contributed by atoms with E-state index in [1.165, 1.54) is 17.7 Å². The van der Waals surface area contributed by atoms with Crippen LogP contribution in [0.2, 0.25) is 0 Å². The monoisotopic (exact) mass is 330 g/mol. The summed E-state index contributed by atoms with van der Waals surface area (Å²) in [5.74, 6) is 0.770. The highest BCUT2D eigenvalue weighted by atomic mass is 16.3. The van der Waals surface area contributed by atoms with E-state index in [0.717, 1.165) is 24.3 Å². The number of furan rings is 1. The Morgan fingerprint density at radius 2 is 2.17 bits per heavy atom. The van der Waals surface area contributed by atoms with Gasteiger partial charge in [-0.1, -0.05) is 0 Å². The molecule has 0 bridgehead atoms. The average Bonchev–Trinajstić information content (AvgIpc) is 3.18. The first-order chi connectivity index (χ1) is 11.3. The maximum Gasteiger partial charge on any atom is 0.318 e. The Hall–Kier alpha value is -2.24. The van der Waals surface area contributed by atoms with Gasteiger partial charge in [0.25, 0.3) is 0 Å². The van der Waals surface area contributed by atoms with Crippen molar-refractivity contribution in [2.45, 2.75) is 58.7 Å². The molecule has 2 amide bonds. The molecular weight excluding hydrogens is 304 g/mol. The first-order valence-electron chi connectivity index (χ1n) is 8.46. The number of fused-ring (bicyclic) bond motifs is 1. The second-order valence-corrected chi connectivity index (χ2v) is 7.46. The fourth-order valence-electron chi connectivity index (χ4n) is 3.20. The van der Waals surface area contributed by atoms with E-state index in [1.807, 2.05) is 44.6 Å². The number of hydrogen-bond acceptors (Lipinski definition) is 3. The maximum atomic E-state index is 12.7. The van der Waals surface area contributed by atoms with Crippen molar-refractivity contribution in [2.75, 3.05) is 0 Å². The van der Waals surface area contributed by atoms with Crippen LogP contribution in [0.4, 0.5) is 4.79 Å². The van der Waals surface area contributed by atoms with Crippen LogP contribution in [0.3, 0.4) is 0 Å². The fraction of sp³-hybridized carbons (Fsp3) is 0.556. The Bertz CT molecular complexity index is 710. The molecule has 3 rings (SSSR count). The Labute approximate surface area is 142 Å². The summed E-state index contributed by atoms with van der Waals surface area (Å²) in [5.41, 5.74) is 3.33. The second kappa shape index (κ2) is 6.34. The predicted octanol–water partition coefficient (Wildman–Crippen LogP) is 3.01. The van der Waals surface area contributed by atoms with Gasteiger partial charge in [0.05, 0.1) is 25.0 Å². The number of aryl methyl sites for hydroxylation is 1. The molecule has 0 spiro atoms. The Kier molecular flexibility index (Phi) is 4.39. The van der Waals surface area contributed by atoms with Gasteiger partial charge in [0.2, 0.25) is 0 Å². The van der Waals surface area contributed by atoms with Crippen molar-refractivity contribution in [2.24, 2.45) is 7.05 Å². The second-order valence-electron chi connectivity index (χ2n) is 7.46. The number of carbonyl (C=O) groups is 1. The number of carbonyl (C=O) groups excluding carboxylic acids is 1. The molecule has 2 aromatic heterocycles. The zero-order valence-electron chi connectivity index (χ0n) is 14.9. The van der Waals surface area contributed by atoms with Crippen molar-refractivity contribution >= 4 is 6.03 Å². The summed E-state index contributed by atoms with van der Waals surface area (Å²) < 4.78 is 7.40. The van der Waals surface area contributed by atoms with E-state index in [2.05, 4.69) is 10.4 Å². The summed E-state index contributed by atoms with van der Waals surface area (Å²) in [4.78, 5) is 14.5. The number of nitrogens with zero attached hydrogens (tertiary/aromatic N) is 3. The number of rotatable bonds is 4. The summed E-state index contributed by atoms with van der Waals surface area (Å²) in [7, 11) is 1.99. The smallest absolute Gasteiger partial charge is 0.318 e. The van der Waals surface area contributed by atoms with Crippen LogP contribution in [0.1, 0.15) is 49.9 Å². The molecule has 1 aliphatic carbocycles. The van der Waals surface area contributed by atoms with Crippen molar-refractivity contribution in [1.29, 1.82) is 0 Å². The molecule has 0 saturated heterocycles. The van der Waals surface area contributed by atoms with Crippen LogP contribution in [0.5, 0.6) is 0 Å². The third kappa shape index (κ3) is 3.63. The van der Waals surface area contributed by atoms with E-state index in [0.29, 0.717) is 13.1 Å². The van der Waals surface area contributed by atoms with Gasteiger partial charge in [-0.25, -0.2) is 4.79 Å². The van der Waals surface area contributed by atoms with Crippen LogP contribution in [0.25, 0.3) is 0 Å². The lowest BCUT2D eigenvalue weighted by Crippen LogP contribution is -2.48. The molecule has 0 aliphatic heterocycles. The highest BCUT2D eigenvalue weighted by Crippen LogP contribution is 2.26. The van der Waals surface area contributed by atoms with Crippen molar-refractivity contribution in [3.05, 3.63) is 41.1 Å². The quantitative estimate of drug-likeness (QED) is 0.937. The number of amides is 2.